The van der Waals surface area contributed by atoms with E-state index in [1.165, 1.54) is 0 Å². The zero-order chi connectivity index (χ0) is 4.12. The van der Waals surface area contributed by atoms with Crippen LogP contribution in [0.1, 0.15) is 0 Å². The third kappa shape index (κ3) is 18.7. The topological polar surface area (TPSA) is 29.5 Å². The number of methoxy groups -OCH3 is 1. The molecule has 0 bridgehead atoms. The standard InChI is InChI=1S/C3H8O2.H2S.Y/c1-5-3-2-4;;/h4H,2-3H2,1H3;1H2;/p-1. The zero-order valence-electron chi connectivity index (χ0n) is 4.29. The van der Waals surface area contributed by atoms with Crippen molar-refractivity contribution in [3.8, 4) is 0 Å². The molecule has 0 rings (SSSR count). The van der Waals surface area contributed by atoms with Gasteiger partial charge in [-0.05, 0) is 0 Å². The van der Waals surface area contributed by atoms with Crippen molar-refractivity contribution in [3.63, 3.8) is 0 Å². The number of hydrogen-bond acceptors (Lipinski definition) is 3. The van der Waals surface area contributed by atoms with Gasteiger partial charge in [0.1, 0.15) is 0 Å². The van der Waals surface area contributed by atoms with Crippen molar-refractivity contribution in [2.75, 3.05) is 20.3 Å². The van der Waals surface area contributed by atoms with E-state index in [0.717, 1.165) is 0 Å². The number of aliphatic hydroxyl groups excluding tert-OH is 1. The Morgan fingerprint density at radius 1 is 1.57 bits per heavy atom. The van der Waals surface area contributed by atoms with Crippen molar-refractivity contribution in [1.82, 2.24) is 0 Å². The van der Waals surface area contributed by atoms with Crippen molar-refractivity contribution in [2.45, 2.75) is 0 Å². The average Bonchev–Trinajstić information content (AvgIpc) is 1.41. The fourth-order valence-electron chi connectivity index (χ4n) is 0.0913. The van der Waals surface area contributed by atoms with E-state index in [2.05, 4.69) is 4.74 Å². The molecule has 0 aromatic rings. The summed E-state index contributed by atoms with van der Waals surface area (Å²) >= 11 is 0. The van der Waals surface area contributed by atoms with Gasteiger partial charge in [0.05, 0.1) is 13.2 Å². The average molecular weight is 198 g/mol. The van der Waals surface area contributed by atoms with Crippen LogP contribution in [-0.2, 0) is 50.9 Å². The number of aliphatic hydroxyl groups is 1. The summed E-state index contributed by atoms with van der Waals surface area (Å²) in [5.74, 6) is 0. The van der Waals surface area contributed by atoms with Crippen molar-refractivity contribution in [1.29, 1.82) is 0 Å². The molecule has 4 heteroatoms. The van der Waals surface area contributed by atoms with Crippen molar-refractivity contribution >= 4 is 13.5 Å². The van der Waals surface area contributed by atoms with Gasteiger partial charge in [0.15, 0.2) is 0 Å². The van der Waals surface area contributed by atoms with Crippen molar-refractivity contribution < 1.29 is 42.6 Å². The summed E-state index contributed by atoms with van der Waals surface area (Å²) < 4.78 is 4.44. The first kappa shape index (κ1) is 15.8. The van der Waals surface area contributed by atoms with Crippen LogP contribution >= 0.6 is 0 Å². The Morgan fingerprint density at radius 2 is 2.00 bits per heavy atom. The number of hydrogen-bond donors (Lipinski definition) is 1. The van der Waals surface area contributed by atoms with Gasteiger partial charge in [-0.2, -0.15) is 0 Å². The quantitative estimate of drug-likeness (QED) is 0.472. The van der Waals surface area contributed by atoms with E-state index in [1.807, 2.05) is 0 Å². The smallest absolute Gasteiger partial charge is 0.0693 e. The molecule has 0 aliphatic rings. The number of rotatable bonds is 2. The van der Waals surface area contributed by atoms with Crippen LogP contribution in [0.25, 0.3) is 0 Å². The van der Waals surface area contributed by atoms with Gasteiger partial charge in [-0.25, -0.2) is 0 Å². The molecule has 0 saturated carbocycles. The van der Waals surface area contributed by atoms with E-state index in [1.54, 1.807) is 7.11 Å². The second-order valence-corrected chi connectivity index (χ2v) is 0.716. The first-order chi connectivity index (χ1) is 2.41. The van der Waals surface area contributed by atoms with Gasteiger partial charge in [0, 0.05) is 39.8 Å². The molecule has 43 valence electrons. The van der Waals surface area contributed by atoms with Gasteiger partial charge < -0.3 is 23.3 Å². The van der Waals surface area contributed by atoms with Crippen LogP contribution in [0.5, 0.6) is 0 Å². The van der Waals surface area contributed by atoms with Gasteiger partial charge in [-0.3, -0.25) is 0 Å². The van der Waals surface area contributed by atoms with Crippen LogP contribution < -0.4 is 0 Å². The third-order valence-corrected chi connectivity index (χ3v) is 0.295. The molecule has 1 N–H and O–H groups in total. The molecular formula is C3H9O2SY-. The molecule has 0 aliphatic heterocycles. The first-order valence-electron chi connectivity index (χ1n) is 1.51. The van der Waals surface area contributed by atoms with E-state index in [9.17, 15) is 0 Å². The molecule has 1 radical (unpaired) electrons. The predicted octanol–water partition coefficient (Wildman–Crippen LogP) is -0.647. The summed E-state index contributed by atoms with van der Waals surface area (Å²) in [4.78, 5) is 0. The summed E-state index contributed by atoms with van der Waals surface area (Å²) in [7, 11) is 1.55. The van der Waals surface area contributed by atoms with Gasteiger partial charge in [-0.15, -0.1) is 0 Å². The normalized spacial score (nSPS) is 6.00. The van der Waals surface area contributed by atoms with Crippen LogP contribution in [0, 0.1) is 0 Å². The second kappa shape index (κ2) is 15.7. The Kier molecular flexibility index (Phi) is 35.3. The summed E-state index contributed by atoms with van der Waals surface area (Å²) in [5, 5.41) is 7.94. The van der Waals surface area contributed by atoms with E-state index in [-0.39, 0.29) is 52.8 Å². The minimum atomic E-state index is 0. The largest absolute Gasteiger partial charge is 0.813 e. The minimum absolute atomic E-state index is 0. The van der Waals surface area contributed by atoms with E-state index >= 15 is 0 Å². The fraction of sp³-hybridized carbons (Fsp3) is 1.00. The van der Waals surface area contributed by atoms with Gasteiger partial charge in [0.2, 0.25) is 0 Å². The van der Waals surface area contributed by atoms with Gasteiger partial charge in [-0.1, -0.05) is 0 Å². The molecule has 0 aromatic carbocycles. The summed E-state index contributed by atoms with van der Waals surface area (Å²) in [6.07, 6.45) is 0. The zero-order valence-corrected chi connectivity index (χ0v) is 8.03. The van der Waals surface area contributed by atoms with Crippen LogP contribution in [-0.4, -0.2) is 25.4 Å². The maximum Gasteiger partial charge on any atom is 0.0693 e. The molecular weight excluding hydrogens is 189 g/mol. The maximum atomic E-state index is 7.94. The SMILES string of the molecule is COCCO.[SH-].[Y]. The number of thiol groups is 1. The van der Waals surface area contributed by atoms with Gasteiger partial charge in [0.25, 0.3) is 0 Å². The summed E-state index contributed by atoms with van der Waals surface area (Å²) in [6.45, 7) is 0.566. The number of ether oxygens (including phenoxy) is 1. The third-order valence-electron chi connectivity index (χ3n) is 0.295. The Labute approximate surface area is 76.0 Å². The summed E-state index contributed by atoms with van der Waals surface area (Å²) in [5.41, 5.74) is 0. The van der Waals surface area contributed by atoms with E-state index in [0.29, 0.717) is 6.61 Å². The fourth-order valence-corrected chi connectivity index (χ4v) is 0.0913. The Bertz CT molecular complexity index is 20.4. The molecule has 0 unspecified atom stereocenters. The van der Waals surface area contributed by atoms with Crippen LogP contribution in [0.2, 0.25) is 0 Å². The molecule has 0 aromatic heterocycles. The molecule has 0 fully saturated rings. The van der Waals surface area contributed by atoms with Crippen molar-refractivity contribution in [3.05, 3.63) is 0 Å². The van der Waals surface area contributed by atoms with Crippen LogP contribution in [0.3, 0.4) is 0 Å². The monoisotopic (exact) mass is 198 g/mol. The molecule has 7 heavy (non-hydrogen) atoms. The van der Waals surface area contributed by atoms with E-state index < -0.39 is 0 Å². The van der Waals surface area contributed by atoms with Crippen LogP contribution in [0.15, 0.2) is 0 Å². The molecule has 0 amide bonds. The summed E-state index contributed by atoms with van der Waals surface area (Å²) in [6, 6.07) is 0. The van der Waals surface area contributed by atoms with Gasteiger partial charge >= 0.3 is 0 Å². The van der Waals surface area contributed by atoms with E-state index in [4.69, 9.17) is 5.11 Å². The maximum absolute atomic E-state index is 7.94. The van der Waals surface area contributed by atoms with Crippen LogP contribution in [0.4, 0.5) is 0 Å². The molecule has 0 saturated heterocycles. The molecule has 0 heterocycles. The molecule has 0 aliphatic carbocycles. The second-order valence-electron chi connectivity index (χ2n) is 0.716. The van der Waals surface area contributed by atoms with Crippen molar-refractivity contribution in [2.24, 2.45) is 0 Å². The Morgan fingerprint density at radius 3 is 2.00 bits per heavy atom. The predicted molar refractivity (Wildman–Crippen MR) is 27.7 cm³/mol. The first-order valence-corrected chi connectivity index (χ1v) is 1.51. The Balaban J connectivity index is -0.0000000800. The molecule has 0 spiro atoms. The Hall–Kier alpha value is 1.37. The molecule has 2 nitrogen and oxygen atoms in total. The minimum Gasteiger partial charge on any atom is -0.813 e. The molecule has 0 atom stereocenters.